The summed E-state index contributed by atoms with van der Waals surface area (Å²) in [6.07, 6.45) is 4.38. The Kier molecular flexibility index (Phi) is 8.67. The Balaban J connectivity index is 1.19. The summed E-state index contributed by atoms with van der Waals surface area (Å²) in [5.74, 6) is 1.50. The van der Waals surface area contributed by atoms with E-state index in [2.05, 4.69) is 26.6 Å². The van der Waals surface area contributed by atoms with Crippen molar-refractivity contribution in [3.63, 3.8) is 0 Å². The first-order valence-corrected chi connectivity index (χ1v) is 13.7. The minimum absolute atomic E-state index is 0.249. The molecule has 0 saturated carbocycles. The lowest BCUT2D eigenvalue weighted by atomic mass is 10.1. The number of rotatable bonds is 12. The van der Waals surface area contributed by atoms with Crippen LogP contribution in [0.4, 0.5) is 0 Å². The van der Waals surface area contributed by atoms with Crippen LogP contribution >= 0.6 is 0 Å². The third-order valence-corrected chi connectivity index (χ3v) is 7.98. The Morgan fingerprint density at radius 1 is 1.00 bits per heavy atom. The first kappa shape index (κ1) is 25.5. The van der Waals surface area contributed by atoms with E-state index in [1.165, 1.54) is 0 Å². The third-order valence-electron chi connectivity index (χ3n) is 6.51. The number of methoxy groups -OCH3 is 1. The minimum atomic E-state index is -3.56. The fourth-order valence-corrected chi connectivity index (χ4v) is 5.40. The van der Waals surface area contributed by atoms with Crippen molar-refractivity contribution >= 4 is 20.9 Å². The standard InChI is InChI=1S/C26H36N4O4S/c1-29-14-16-30(17-15-29)13-4-18-34-22-6-9-24(10-7-22)35(31,32)28-12-3-5-21-20-27-26-11-8-23(33-2)19-25(21)26/h6-11,19-20,27-28H,3-5,12-18H2,1-2H3. The summed E-state index contributed by atoms with van der Waals surface area (Å²) in [6.45, 7) is 6.45. The highest BCUT2D eigenvalue weighted by Gasteiger charge is 2.15. The molecule has 190 valence electrons. The van der Waals surface area contributed by atoms with Gasteiger partial charge in [0.05, 0.1) is 18.6 Å². The monoisotopic (exact) mass is 500 g/mol. The number of hydrogen-bond acceptors (Lipinski definition) is 6. The van der Waals surface area contributed by atoms with Crippen molar-refractivity contribution in [2.45, 2.75) is 24.2 Å². The molecule has 1 aliphatic rings. The number of H-pyrrole nitrogens is 1. The van der Waals surface area contributed by atoms with Gasteiger partial charge >= 0.3 is 0 Å². The van der Waals surface area contributed by atoms with Crippen LogP contribution in [0.2, 0.25) is 0 Å². The lowest BCUT2D eigenvalue weighted by molar-refractivity contribution is 0.145. The lowest BCUT2D eigenvalue weighted by Gasteiger charge is -2.32. The largest absolute Gasteiger partial charge is 0.497 e. The molecule has 1 fully saturated rings. The van der Waals surface area contributed by atoms with Gasteiger partial charge in [-0.15, -0.1) is 0 Å². The maximum absolute atomic E-state index is 12.7. The van der Waals surface area contributed by atoms with E-state index >= 15 is 0 Å². The second-order valence-corrected chi connectivity index (χ2v) is 10.8. The van der Waals surface area contributed by atoms with Gasteiger partial charge in [0.1, 0.15) is 11.5 Å². The molecule has 0 spiro atoms. The van der Waals surface area contributed by atoms with Crippen molar-refractivity contribution in [2.75, 3.05) is 60.0 Å². The first-order valence-electron chi connectivity index (χ1n) is 12.2. The minimum Gasteiger partial charge on any atom is -0.497 e. The molecule has 0 unspecified atom stereocenters. The third kappa shape index (κ3) is 6.98. The van der Waals surface area contributed by atoms with Gasteiger partial charge in [0.2, 0.25) is 10.0 Å². The SMILES string of the molecule is COc1ccc2[nH]cc(CCCNS(=O)(=O)c3ccc(OCCCN4CCN(C)CC4)cc3)c2c1. The van der Waals surface area contributed by atoms with Crippen LogP contribution in [0.5, 0.6) is 11.5 Å². The molecular formula is C26H36N4O4S. The smallest absolute Gasteiger partial charge is 0.240 e. The molecule has 0 aliphatic carbocycles. The van der Waals surface area contributed by atoms with Gasteiger partial charge < -0.3 is 24.3 Å². The van der Waals surface area contributed by atoms with Gasteiger partial charge in [0, 0.05) is 56.4 Å². The fourth-order valence-electron chi connectivity index (χ4n) is 4.32. The van der Waals surface area contributed by atoms with E-state index in [1.54, 1.807) is 31.4 Å². The van der Waals surface area contributed by atoms with Crippen molar-refractivity contribution in [1.82, 2.24) is 19.5 Å². The molecule has 0 radical (unpaired) electrons. The lowest BCUT2D eigenvalue weighted by Crippen LogP contribution is -2.44. The molecule has 2 aromatic carbocycles. The van der Waals surface area contributed by atoms with Crippen LogP contribution in [0.1, 0.15) is 18.4 Å². The number of likely N-dealkylation sites (N-methyl/N-ethyl adjacent to an activating group) is 1. The fraction of sp³-hybridized carbons (Fsp3) is 0.462. The number of aromatic nitrogens is 1. The highest BCUT2D eigenvalue weighted by molar-refractivity contribution is 7.89. The van der Waals surface area contributed by atoms with E-state index in [0.717, 1.165) is 67.8 Å². The van der Waals surface area contributed by atoms with Crippen LogP contribution in [0.15, 0.2) is 53.6 Å². The van der Waals surface area contributed by atoms with Crippen molar-refractivity contribution in [1.29, 1.82) is 0 Å². The number of nitrogens with one attached hydrogen (secondary N) is 2. The number of fused-ring (bicyclic) bond motifs is 1. The van der Waals surface area contributed by atoms with Crippen molar-refractivity contribution in [2.24, 2.45) is 0 Å². The van der Waals surface area contributed by atoms with Gasteiger partial charge in [-0.25, -0.2) is 13.1 Å². The van der Waals surface area contributed by atoms with E-state index in [4.69, 9.17) is 9.47 Å². The molecule has 1 aromatic heterocycles. The molecule has 0 amide bonds. The number of hydrogen-bond donors (Lipinski definition) is 2. The molecular weight excluding hydrogens is 464 g/mol. The number of nitrogens with zero attached hydrogens (tertiary/aromatic N) is 2. The Hall–Kier alpha value is -2.59. The Bertz CT molecular complexity index is 1190. The molecule has 2 heterocycles. The van der Waals surface area contributed by atoms with Gasteiger partial charge in [-0.1, -0.05) is 0 Å². The molecule has 35 heavy (non-hydrogen) atoms. The van der Waals surface area contributed by atoms with E-state index in [-0.39, 0.29) is 4.90 Å². The summed E-state index contributed by atoms with van der Waals surface area (Å²) >= 11 is 0. The van der Waals surface area contributed by atoms with Crippen LogP contribution in [0, 0.1) is 0 Å². The predicted molar refractivity (Wildman–Crippen MR) is 139 cm³/mol. The summed E-state index contributed by atoms with van der Waals surface area (Å²) in [7, 11) is 0.245. The average molecular weight is 501 g/mol. The summed E-state index contributed by atoms with van der Waals surface area (Å²) in [6, 6.07) is 12.6. The number of aromatic amines is 1. The van der Waals surface area contributed by atoms with Crippen LogP contribution in [0.25, 0.3) is 10.9 Å². The zero-order valence-corrected chi connectivity index (χ0v) is 21.4. The summed E-state index contributed by atoms with van der Waals surface area (Å²) in [4.78, 5) is 8.31. The van der Waals surface area contributed by atoms with Gasteiger partial charge in [-0.2, -0.15) is 0 Å². The molecule has 9 heteroatoms. The molecule has 3 aromatic rings. The summed E-state index contributed by atoms with van der Waals surface area (Å²) in [5, 5.41) is 1.10. The number of benzene rings is 2. The van der Waals surface area contributed by atoms with Crippen molar-refractivity contribution < 1.29 is 17.9 Å². The zero-order valence-electron chi connectivity index (χ0n) is 20.6. The molecule has 2 N–H and O–H groups in total. The highest BCUT2D eigenvalue weighted by Crippen LogP contribution is 2.24. The number of piperazine rings is 1. The highest BCUT2D eigenvalue weighted by atomic mass is 32.2. The maximum atomic E-state index is 12.7. The Morgan fingerprint density at radius 2 is 1.74 bits per heavy atom. The predicted octanol–water partition coefficient (Wildman–Crippen LogP) is 3.10. The quantitative estimate of drug-likeness (QED) is 0.372. The zero-order chi connectivity index (χ0) is 24.7. The normalized spacial score (nSPS) is 15.5. The second-order valence-electron chi connectivity index (χ2n) is 9.05. The molecule has 4 rings (SSSR count). The van der Waals surface area contributed by atoms with Gasteiger partial charge in [-0.05, 0) is 74.3 Å². The molecule has 1 aliphatic heterocycles. The Morgan fingerprint density at radius 3 is 2.49 bits per heavy atom. The van der Waals surface area contributed by atoms with Gasteiger partial charge in [-0.3, -0.25) is 0 Å². The molecule has 0 atom stereocenters. The van der Waals surface area contributed by atoms with E-state index < -0.39 is 10.0 Å². The van der Waals surface area contributed by atoms with Crippen molar-refractivity contribution in [3.8, 4) is 11.5 Å². The van der Waals surface area contributed by atoms with Gasteiger partial charge in [0.15, 0.2) is 0 Å². The van der Waals surface area contributed by atoms with E-state index in [0.29, 0.717) is 25.3 Å². The molecule has 8 nitrogen and oxygen atoms in total. The second kappa shape index (κ2) is 11.9. The van der Waals surface area contributed by atoms with E-state index in [1.807, 2.05) is 24.4 Å². The number of ether oxygens (including phenoxy) is 2. The maximum Gasteiger partial charge on any atom is 0.240 e. The number of sulfonamides is 1. The van der Waals surface area contributed by atoms with Crippen LogP contribution in [-0.4, -0.2) is 83.2 Å². The van der Waals surface area contributed by atoms with Gasteiger partial charge in [0.25, 0.3) is 0 Å². The summed E-state index contributed by atoms with van der Waals surface area (Å²) < 4.78 is 39.2. The molecule has 0 bridgehead atoms. The van der Waals surface area contributed by atoms with E-state index in [9.17, 15) is 8.42 Å². The Labute approximate surface area is 208 Å². The van der Waals surface area contributed by atoms with Crippen molar-refractivity contribution in [3.05, 3.63) is 54.2 Å². The number of aryl methyl sites for hydroxylation is 1. The van der Waals surface area contributed by atoms with Crippen LogP contribution < -0.4 is 14.2 Å². The summed E-state index contributed by atoms with van der Waals surface area (Å²) in [5.41, 5.74) is 2.19. The first-order chi connectivity index (χ1) is 16.9. The van der Waals surface area contributed by atoms with Crippen LogP contribution in [0.3, 0.4) is 0 Å². The van der Waals surface area contributed by atoms with Crippen LogP contribution in [-0.2, 0) is 16.4 Å². The average Bonchev–Trinajstić information content (AvgIpc) is 3.28. The topological polar surface area (TPSA) is 86.9 Å². The molecule has 1 saturated heterocycles.